The minimum Gasteiger partial charge on any atom is -0.488 e. The van der Waals surface area contributed by atoms with Crippen molar-refractivity contribution in [2.75, 3.05) is 0 Å². The average Bonchev–Trinajstić information content (AvgIpc) is 2.38. The lowest BCUT2D eigenvalue weighted by molar-refractivity contribution is 0.0691. The van der Waals surface area contributed by atoms with Crippen LogP contribution >= 0.6 is 15.9 Å². The Bertz CT molecular complexity index is 669. The second-order valence-corrected chi connectivity index (χ2v) is 6.03. The summed E-state index contributed by atoms with van der Waals surface area (Å²) in [5.41, 5.74) is 4.78. The molecule has 0 heterocycles. The van der Waals surface area contributed by atoms with Gasteiger partial charge in [-0.15, -0.1) is 0 Å². The predicted octanol–water partition coefficient (Wildman–Crippen LogP) is 4.65. The zero-order valence-electron chi connectivity index (χ0n) is 12.2. The maximum atomic E-state index is 11.3. The molecule has 0 aromatic heterocycles. The van der Waals surface area contributed by atoms with Crippen molar-refractivity contribution in [3.05, 3.63) is 62.6 Å². The fourth-order valence-corrected chi connectivity index (χ4v) is 2.74. The standard InChI is InChI=1S/C17H17BrO3/c1-10-6-11(2)15(12(3)7-10)9-21-16-5-4-13(18)8-14(16)17(19)20/h4-8H,9H2,1-3H3,(H,19,20). The monoisotopic (exact) mass is 348 g/mol. The first-order valence-corrected chi connectivity index (χ1v) is 7.40. The van der Waals surface area contributed by atoms with Crippen LogP contribution in [0.4, 0.5) is 0 Å². The molecule has 0 atom stereocenters. The SMILES string of the molecule is Cc1cc(C)c(COc2ccc(Br)cc2C(=O)O)c(C)c1. The lowest BCUT2D eigenvalue weighted by atomic mass is 10.0. The first kappa shape index (κ1) is 15.6. The van der Waals surface area contributed by atoms with Crippen LogP contribution in [0.15, 0.2) is 34.8 Å². The second-order valence-electron chi connectivity index (χ2n) is 5.11. The van der Waals surface area contributed by atoms with E-state index >= 15 is 0 Å². The summed E-state index contributed by atoms with van der Waals surface area (Å²) in [4.78, 5) is 11.3. The highest BCUT2D eigenvalue weighted by molar-refractivity contribution is 9.10. The lowest BCUT2D eigenvalue weighted by Crippen LogP contribution is -2.05. The van der Waals surface area contributed by atoms with Crippen LogP contribution in [0.25, 0.3) is 0 Å². The summed E-state index contributed by atoms with van der Waals surface area (Å²) < 4.78 is 6.46. The smallest absolute Gasteiger partial charge is 0.339 e. The van der Waals surface area contributed by atoms with Crippen LogP contribution < -0.4 is 4.74 Å². The van der Waals surface area contributed by atoms with Gasteiger partial charge in [0.1, 0.15) is 17.9 Å². The molecule has 21 heavy (non-hydrogen) atoms. The molecular weight excluding hydrogens is 332 g/mol. The number of rotatable bonds is 4. The molecule has 0 aliphatic heterocycles. The largest absolute Gasteiger partial charge is 0.488 e. The van der Waals surface area contributed by atoms with Crippen molar-refractivity contribution in [3.8, 4) is 5.75 Å². The first-order valence-electron chi connectivity index (χ1n) is 6.61. The number of ether oxygens (including phenoxy) is 1. The van der Waals surface area contributed by atoms with Gasteiger partial charge in [0.2, 0.25) is 0 Å². The Balaban J connectivity index is 2.27. The van der Waals surface area contributed by atoms with Gasteiger partial charge in [0.15, 0.2) is 0 Å². The first-order chi connectivity index (χ1) is 9.88. The van der Waals surface area contributed by atoms with Crippen LogP contribution in [-0.4, -0.2) is 11.1 Å². The maximum Gasteiger partial charge on any atom is 0.339 e. The van der Waals surface area contributed by atoms with Gasteiger partial charge in [-0.25, -0.2) is 4.79 Å². The molecule has 0 bridgehead atoms. The maximum absolute atomic E-state index is 11.3. The molecule has 0 aliphatic carbocycles. The van der Waals surface area contributed by atoms with Crippen molar-refractivity contribution in [3.63, 3.8) is 0 Å². The number of hydrogen-bond donors (Lipinski definition) is 1. The highest BCUT2D eigenvalue weighted by Crippen LogP contribution is 2.25. The van der Waals surface area contributed by atoms with Crippen molar-refractivity contribution in [1.29, 1.82) is 0 Å². The Hall–Kier alpha value is -1.81. The fourth-order valence-electron chi connectivity index (χ4n) is 2.38. The van der Waals surface area contributed by atoms with Crippen molar-refractivity contribution >= 4 is 21.9 Å². The molecule has 0 amide bonds. The molecule has 2 aromatic rings. The zero-order valence-corrected chi connectivity index (χ0v) is 13.8. The third kappa shape index (κ3) is 3.64. The van der Waals surface area contributed by atoms with E-state index in [0.717, 1.165) is 21.2 Å². The van der Waals surface area contributed by atoms with Crippen molar-refractivity contribution in [2.24, 2.45) is 0 Å². The molecule has 4 heteroatoms. The average molecular weight is 349 g/mol. The number of benzene rings is 2. The molecule has 0 saturated carbocycles. The highest BCUT2D eigenvalue weighted by atomic mass is 79.9. The summed E-state index contributed by atoms with van der Waals surface area (Å²) in [7, 11) is 0. The summed E-state index contributed by atoms with van der Waals surface area (Å²) in [5.74, 6) is -0.617. The Labute approximate surface area is 132 Å². The summed E-state index contributed by atoms with van der Waals surface area (Å²) in [6.07, 6.45) is 0. The van der Waals surface area contributed by atoms with Crippen LogP contribution in [-0.2, 0) is 6.61 Å². The fraction of sp³-hybridized carbons (Fsp3) is 0.235. The number of carbonyl (C=O) groups is 1. The summed E-state index contributed by atoms with van der Waals surface area (Å²) in [5, 5.41) is 9.23. The van der Waals surface area contributed by atoms with Gasteiger partial charge in [0, 0.05) is 4.47 Å². The Morgan fingerprint density at radius 1 is 1.14 bits per heavy atom. The molecule has 0 spiro atoms. The Morgan fingerprint density at radius 2 is 1.76 bits per heavy atom. The summed E-state index contributed by atoms with van der Waals surface area (Å²) in [6, 6.07) is 9.20. The molecule has 0 unspecified atom stereocenters. The molecule has 2 rings (SSSR count). The van der Waals surface area contributed by atoms with Gasteiger partial charge >= 0.3 is 5.97 Å². The predicted molar refractivity (Wildman–Crippen MR) is 86.1 cm³/mol. The summed E-state index contributed by atoms with van der Waals surface area (Å²) in [6.45, 7) is 6.50. The molecule has 0 aliphatic rings. The van der Waals surface area contributed by atoms with Gasteiger partial charge in [-0.05, 0) is 55.7 Å². The minimum atomic E-state index is -0.997. The number of aromatic carboxylic acids is 1. The van der Waals surface area contributed by atoms with E-state index in [1.54, 1.807) is 18.2 Å². The van der Waals surface area contributed by atoms with E-state index in [2.05, 4.69) is 35.0 Å². The van der Waals surface area contributed by atoms with E-state index in [0.29, 0.717) is 12.4 Å². The number of carboxylic acid groups (broad SMARTS) is 1. The van der Waals surface area contributed by atoms with Crippen LogP contribution in [0.1, 0.15) is 32.6 Å². The lowest BCUT2D eigenvalue weighted by Gasteiger charge is -2.14. The minimum absolute atomic E-state index is 0.159. The Kier molecular flexibility index (Phi) is 4.68. The van der Waals surface area contributed by atoms with Crippen molar-refractivity contribution in [2.45, 2.75) is 27.4 Å². The zero-order chi connectivity index (χ0) is 15.6. The Morgan fingerprint density at radius 3 is 2.33 bits per heavy atom. The van der Waals surface area contributed by atoms with E-state index in [4.69, 9.17) is 4.74 Å². The van der Waals surface area contributed by atoms with Crippen molar-refractivity contribution in [1.82, 2.24) is 0 Å². The van der Waals surface area contributed by atoms with E-state index in [1.165, 1.54) is 5.56 Å². The van der Waals surface area contributed by atoms with E-state index in [-0.39, 0.29) is 5.56 Å². The van der Waals surface area contributed by atoms with Gasteiger partial charge in [0.05, 0.1) is 0 Å². The molecule has 1 N–H and O–H groups in total. The molecule has 2 aromatic carbocycles. The number of halogens is 1. The number of hydrogen-bond acceptors (Lipinski definition) is 2. The molecule has 0 fully saturated rings. The second kappa shape index (κ2) is 6.31. The normalized spacial score (nSPS) is 10.5. The molecule has 0 saturated heterocycles. The summed E-state index contributed by atoms with van der Waals surface area (Å²) >= 11 is 3.27. The molecular formula is C17H17BrO3. The third-order valence-corrected chi connectivity index (χ3v) is 3.88. The van der Waals surface area contributed by atoms with Gasteiger partial charge < -0.3 is 9.84 Å². The molecule has 110 valence electrons. The van der Waals surface area contributed by atoms with Gasteiger partial charge in [-0.3, -0.25) is 0 Å². The van der Waals surface area contributed by atoms with Crippen LogP contribution in [0.3, 0.4) is 0 Å². The number of carboxylic acids is 1. The third-order valence-electron chi connectivity index (χ3n) is 3.38. The van der Waals surface area contributed by atoms with E-state index in [1.807, 2.05) is 13.8 Å². The topological polar surface area (TPSA) is 46.5 Å². The quantitative estimate of drug-likeness (QED) is 0.874. The van der Waals surface area contributed by atoms with Crippen LogP contribution in [0.2, 0.25) is 0 Å². The van der Waals surface area contributed by atoms with Gasteiger partial charge in [0.25, 0.3) is 0 Å². The van der Waals surface area contributed by atoms with Crippen molar-refractivity contribution < 1.29 is 14.6 Å². The molecule has 3 nitrogen and oxygen atoms in total. The van der Waals surface area contributed by atoms with E-state index < -0.39 is 5.97 Å². The highest BCUT2D eigenvalue weighted by Gasteiger charge is 2.13. The van der Waals surface area contributed by atoms with Crippen LogP contribution in [0, 0.1) is 20.8 Å². The van der Waals surface area contributed by atoms with Crippen LogP contribution in [0.5, 0.6) is 5.75 Å². The number of aryl methyl sites for hydroxylation is 3. The molecule has 0 radical (unpaired) electrons. The van der Waals surface area contributed by atoms with Gasteiger partial charge in [-0.2, -0.15) is 0 Å². The van der Waals surface area contributed by atoms with E-state index in [9.17, 15) is 9.90 Å². The van der Waals surface area contributed by atoms with Gasteiger partial charge in [-0.1, -0.05) is 33.6 Å².